The van der Waals surface area contributed by atoms with Gasteiger partial charge in [0.15, 0.2) is 6.29 Å². The number of unbranched alkanes of at least 4 members (excludes halogenated alkanes) is 1. The molecule has 130 valence electrons. The molecule has 3 atom stereocenters. The predicted octanol–water partition coefficient (Wildman–Crippen LogP) is 3.55. The third-order valence-electron chi connectivity index (χ3n) is 4.45. The fraction of sp³-hybridized carbons (Fsp3) is 0.500. The van der Waals surface area contributed by atoms with Gasteiger partial charge < -0.3 is 14.3 Å². The lowest BCUT2D eigenvalue weighted by Crippen LogP contribution is -2.37. The van der Waals surface area contributed by atoms with Crippen molar-refractivity contribution in [3.63, 3.8) is 0 Å². The van der Waals surface area contributed by atoms with Crippen molar-refractivity contribution in [1.82, 2.24) is 0 Å². The van der Waals surface area contributed by atoms with Gasteiger partial charge in [-0.05, 0) is 25.7 Å². The highest BCUT2D eigenvalue weighted by molar-refractivity contribution is 5.78. The standard InChI is InChI=1S/C20H26O4/c1-16-8-9-17(14-21)19(13-16)23-11-5-6-12-24-20(2)10-4-3-7-18(20)15-22/h3-4,7-10,14-16,18H,5-6,11-13H2,1-2H3. The maximum absolute atomic E-state index is 11.1. The zero-order valence-electron chi connectivity index (χ0n) is 14.4. The number of hydrogen-bond donors (Lipinski definition) is 0. The molecule has 3 unspecified atom stereocenters. The Morgan fingerprint density at radius 2 is 2.00 bits per heavy atom. The van der Waals surface area contributed by atoms with Crippen molar-refractivity contribution in [2.45, 2.75) is 38.7 Å². The molecule has 0 radical (unpaired) electrons. The van der Waals surface area contributed by atoms with Crippen molar-refractivity contribution in [3.05, 3.63) is 47.8 Å². The third-order valence-corrected chi connectivity index (χ3v) is 4.45. The van der Waals surface area contributed by atoms with Crippen LogP contribution in [-0.4, -0.2) is 31.4 Å². The Bertz CT molecular complexity index is 570. The molecular formula is C20H26O4. The van der Waals surface area contributed by atoms with Gasteiger partial charge in [0.1, 0.15) is 12.0 Å². The molecule has 4 nitrogen and oxygen atoms in total. The van der Waals surface area contributed by atoms with Gasteiger partial charge in [-0.3, -0.25) is 4.79 Å². The molecule has 2 aliphatic rings. The Morgan fingerprint density at radius 1 is 1.21 bits per heavy atom. The van der Waals surface area contributed by atoms with Gasteiger partial charge in [-0.25, -0.2) is 0 Å². The highest BCUT2D eigenvalue weighted by Crippen LogP contribution is 2.27. The fourth-order valence-corrected chi connectivity index (χ4v) is 2.84. The van der Waals surface area contributed by atoms with E-state index in [9.17, 15) is 9.59 Å². The summed E-state index contributed by atoms with van der Waals surface area (Å²) in [6, 6.07) is 0. The molecule has 0 amide bonds. The van der Waals surface area contributed by atoms with E-state index < -0.39 is 5.60 Å². The van der Waals surface area contributed by atoms with E-state index in [0.717, 1.165) is 37.6 Å². The first kappa shape index (κ1) is 18.4. The summed E-state index contributed by atoms with van der Waals surface area (Å²) in [6.07, 6.45) is 15.7. The molecular weight excluding hydrogens is 304 g/mol. The van der Waals surface area contributed by atoms with Crippen molar-refractivity contribution in [3.8, 4) is 0 Å². The van der Waals surface area contributed by atoms with Crippen molar-refractivity contribution in [2.24, 2.45) is 11.8 Å². The van der Waals surface area contributed by atoms with Crippen LogP contribution in [0.3, 0.4) is 0 Å². The zero-order chi connectivity index (χ0) is 17.4. The summed E-state index contributed by atoms with van der Waals surface area (Å²) >= 11 is 0. The van der Waals surface area contributed by atoms with Crippen molar-refractivity contribution in [1.29, 1.82) is 0 Å². The van der Waals surface area contributed by atoms with Crippen molar-refractivity contribution in [2.75, 3.05) is 13.2 Å². The SMILES string of the molecule is CC1C=CC(C=O)=C(OCCCCOC2(C)C=CC=CC2C=O)C1. The van der Waals surface area contributed by atoms with Crippen LogP contribution in [0.4, 0.5) is 0 Å². The zero-order valence-corrected chi connectivity index (χ0v) is 14.4. The third kappa shape index (κ3) is 4.78. The summed E-state index contributed by atoms with van der Waals surface area (Å²) < 4.78 is 11.7. The van der Waals surface area contributed by atoms with Gasteiger partial charge in [-0.15, -0.1) is 0 Å². The highest BCUT2D eigenvalue weighted by Gasteiger charge is 2.31. The summed E-state index contributed by atoms with van der Waals surface area (Å²) in [5.41, 5.74) is 0.0820. The van der Waals surface area contributed by atoms with E-state index in [0.29, 0.717) is 24.7 Å². The summed E-state index contributed by atoms with van der Waals surface area (Å²) in [5, 5.41) is 0. The second kappa shape index (κ2) is 8.78. The number of carbonyl (C=O) groups is 2. The van der Waals surface area contributed by atoms with Gasteiger partial charge in [-0.1, -0.05) is 43.4 Å². The van der Waals surface area contributed by atoms with Crippen molar-refractivity contribution < 1.29 is 19.1 Å². The predicted molar refractivity (Wildman–Crippen MR) is 93.4 cm³/mol. The Kier molecular flexibility index (Phi) is 6.73. The van der Waals surface area contributed by atoms with E-state index in [1.165, 1.54) is 0 Å². The molecule has 0 aromatic heterocycles. The van der Waals surface area contributed by atoms with E-state index >= 15 is 0 Å². The summed E-state index contributed by atoms with van der Waals surface area (Å²) in [7, 11) is 0. The quantitative estimate of drug-likeness (QED) is 0.479. The molecule has 0 aromatic carbocycles. The first-order chi connectivity index (χ1) is 11.6. The minimum atomic E-state index is -0.561. The maximum atomic E-state index is 11.1. The number of aldehydes is 2. The monoisotopic (exact) mass is 330 g/mol. The molecule has 0 bridgehead atoms. The molecule has 0 fully saturated rings. The molecule has 0 saturated heterocycles. The number of hydrogen-bond acceptors (Lipinski definition) is 4. The normalized spacial score (nSPS) is 28.9. The molecule has 0 heterocycles. The van der Waals surface area contributed by atoms with Gasteiger partial charge in [0.05, 0.1) is 23.7 Å². The largest absolute Gasteiger partial charge is 0.497 e. The second-order valence-corrected chi connectivity index (χ2v) is 6.53. The van der Waals surface area contributed by atoms with Gasteiger partial charge >= 0.3 is 0 Å². The van der Waals surface area contributed by atoms with E-state index in [1.807, 2.05) is 43.4 Å². The van der Waals surface area contributed by atoms with E-state index in [4.69, 9.17) is 9.47 Å². The van der Waals surface area contributed by atoms with Crippen LogP contribution in [0, 0.1) is 11.8 Å². The summed E-state index contributed by atoms with van der Waals surface area (Å²) in [4.78, 5) is 22.2. The average Bonchev–Trinajstić information content (AvgIpc) is 2.58. The van der Waals surface area contributed by atoms with Gasteiger partial charge in [0, 0.05) is 13.0 Å². The molecule has 24 heavy (non-hydrogen) atoms. The number of carbonyl (C=O) groups excluding carboxylic acids is 2. The summed E-state index contributed by atoms with van der Waals surface area (Å²) in [5.74, 6) is 0.946. The first-order valence-corrected chi connectivity index (χ1v) is 8.53. The second-order valence-electron chi connectivity index (χ2n) is 6.53. The Hall–Kier alpha value is -1.94. The van der Waals surface area contributed by atoms with Gasteiger partial charge in [-0.2, -0.15) is 0 Å². The Morgan fingerprint density at radius 3 is 2.75 bits per heavy atom. The Labute approximate surface area is 143 Å². The van der Waals surface area contributed by atoms with E-state index in [-0.39, 0.29) is 5.92 Å². The van der Waals surface area contributed by atoms with Crippen LogP contribution in [0.1, 0.15) is 33.1 Å². The fourth-order valence-electron chi connectivity index (χ4n) is 2.84. The molecule has 0 aliphatic heterocycles. The number of allylic oxidation sites excluding steroid dienone is 6. The van der Waals surface area contributed by atoms with Crippen LogP contribution in [0.5, 0.6) is 0 Å². The molecule has 0 spiro atoms. The van der Waals surface area contributed by atoms with Crippen LogP contribution >= 0.6 is 0 Å². The Balaban J connectivity index is 1.70. The van der Waals surface area contributed by atoms with E-state index in [2.05, 4.69) is 6.92 Å². The average molecular weight is 330 g/mol. The topological polar surface area (TPSA) is 52.6 Å². The summed E-state index contributed by atoms with van der Waals surface area (Å²) in [6.45, 7) is 5.17. The minimum Gasteiger partial charge on any atom is -0.497 e. The van der Waals surface area contributed by atoms with Crippen LogP contribution in [0.25, 0.3) is 0 Å². The minimum absolute atomic E-state index is 0.241. The van der Waals surface area contributed by atoms with Gasteiger partial charge in [0.2, 0.25) is 0 Å². The lowest BCUT2D eigenvalue weighted by atomic mass is 9.86. The molecule has 2 rings (SSSR count). The van der Waals surface area contributed by atoms with Crippen LogP contribution < -0.4 is 0 Å². The lowest BCUT2D eigenvalue weighted by molar-refractivity contribution is -0.117. The van der Waals surface area contributed by atoms with Crippen LogP contribution in [0.15, 0.2) is 47.8 Å². The number of ether oxygens (including phenoxy) is 2. The van der Waals surface area contributed by atoms with Crippen LogP contribution in [-0.2, 0) is 19.1 Å². The molecule has 0 N–H and O–H groups in total. The van der Waals surface area contributed by atoms with Gasteiger partial charge in [0.25, 0.3) is 0 Å². The van der Waals surface area contributed by atoms with Crippen molar-refractivity contribution >= 4 is 12.6 Å². The molecule has 0 aromatic rings. The number of rotatable bonds is 9. The molecule has 2 aliphatic carbocycles. The smallest absolute Gasteiger partial charge is 0.153 e. The van der Waals surface area contributed by atoms with Crippen LogP contribution in [0.2, 0.25) is 0 Å². The molecule has 0 saturated carbocycles. The van der Waals surface area contributed by atoms with E-state index in [1.54, 1.807) is 0 Å². The first-order valence-electron chi connectivity index (χ1n) is 8.53. The molecule has 4 heteroatoms. The highest BCUT2D eigenvalue weighted by atomic mass is 16.5. The maximum Gasteiger partial charge on any atom is 0.153 e. The lowest BCUT2D eigenvalue weighted by Gasteiger charge is -2.32.